The van der Waals surface area contributed by atoms with Gasteiger partial charge in [-0.3, -0.25) is 5.10 Å². The minimum atomic E-state index is 0.454. The molecule has 3 aromatic rings. The molecule has 2 N–H and O–H groups in total. The summed E-state index contributed by atoms with van der Waals surface area (Å²) in [5.74, 6) is 3.53. The Kier molecular flexibility index (Phi) is 5.70. The van der Waals surface area contributed by atoms with E-state index in [2.05, 4.69) is 62.7 Å². The first-order chi connectivity index (χ1) is 13.8. The van der Waals surface area contributed by atoms with Crippen LogP contribution in [-0.2, 0) is 13.0 Å². The molecule has 2 aromatic heterocycles. The molecule has 0 saturated carbocycles. The summed E-state index contributed by atoms with van der Waals surface area (Å²) in [6, 6.07) is 14.4. The Morgan fingerprint density at radius 2 is 2.18 bits per heavy atom. The standard InChI is InChI=1S/C21H26N6O/c1-2-22-21(23-14-19-24-20(26-25-19)18-9-6-12-28-18)27-11-10-17(15-27)13-16-7-4-3-5-8-16/h3-9,12,17H,2,10-11,13-15H2,1H3,(H,22,23)(H,24,25,26). The number of aliphatic imine (C=N–C) groups is 1. The van der Waals surface area contributed by atoms with Crippen LogP contribution in [0.25, 0.3) is 11.6 Å². The Hall–Kier alpha value is -3.09. The van der Waals surface area contributed by atoms with E-state index in [9.17, 15) is 0 Å². The topological polar surface area (TPSA) is 82.3 Å². The van der Waals surface area contributed by atoms with Crippen molar-refractivity contribution in [1.29, 1.82) is 0 Å². The lowest BCUT2D eigenvalue weighted by atomic mass is 9.99. The zero-order valence-electron chi connectivity index (χ0n) is 16.1. The molecule has 28 heavy (non-hydrogen) atoms. The van der Waals surface area contributed by atoms with Crippen LogP contribution in [0.4, 0.5) is 0 Å². The van der Waals surface area contributed by atoms with Crippen molar-refractivity contribution in [3.05, 3.63) is 60.1 Å². The fraction of sp³-hybridized carbons (Fsp3) is 0.381. The molecule has 146 valence electrons. The average molecular weight is 378 g/mol. The summed E-state index contributed by atoms with van der Waals surface area (Å²) < 4.78 is 5.34. The van der Waals surface area contributed by atoms with Crippen LogP contribution >= 0.6 is 0 Å². The number of H-pyrrole nitrogens is 1. The highest BCUT2D eigenvalue weighted by Gasteiger charge is 2.25. The Bertz CT molecular complexity index is 887. The molecule has 0 spiro atoms. The lowest BCUT2D eigenvalue weighted by Gasteiger charge is -2.21. The number of likely N-dealkylation sites (tertiary alicyclic amines) is 1. The molecule has 1 aromatic carbocycles. The number of aromatic nitrogens is 3. The zero-order valence-corrected chi connectivity index (χ0v) is 16.1. The zero-order chi connectivity index (χ0) is 19.2. The van der Waals surface area contributed by atoms with Gasteiger partial charge in [-0.05, 0) is 43.4 Å². The number of nitrogens with one attached hydrogen (secondary N) is 2. The summed E-state index contributed by atoms with van der Waals surface area (Å²) in [5, 5.41) is 10.6. The molecule has 1 aliphatic rings. The quantitative estimate of drug-likeness (QED) is 0.509. The van der Waals surface area contributed by atoms with Gasteiger partial charge in [0.05, 0.1) is 6.26 Å². The third-order valence-corrected chi connectivity index (χ3v) is 4.94. The summed E-state index contributed by atoms with van der Waals surface area (Å²) in [7, 11) is 0. The van der Waals surface area contributed by atoms with Gasteiger partial charge in [0.1, 0.15) is 12.4 Å². The molecule has 0 aliphatic carbocycles. The van der Waals surface area contributed by atoms with Gasteiger partial charge in [0.2, 0.25) is 5.82 Å². The molecule has 1 fully saturated rings. The van der Waals surface area contributed by atoms with Crippen LogP contribution in [-0.4, -0.2) is 45.7 Å². The van der Waals surface area contributed by atoms with Gasteiger partial charge >= 0.3 is 0 Å². The normalized spacial score (nSPS) is 17.2. The number of guanidine groups is 1. The highest BCUT2D eigenvalue weighted by Crippen LogP contribution is 2.21. The van der Waals surface area contributed by atoms with Crippen LogP contribution in [0, 0.1) is 5.92 Å². The van der Waals surface area contributed by atoms with Gasteiger partial charge < -0.3 is 14.6 Å². The van der Waals surface area contributed by atoms with E-state index in [1.165, 1.54) is 12.0 Å². The largest absolute Gasteiger partial charge is 0.461 e. The van der Waals surface area contributed by atoms with Crippen molar-refractivity contribution in [2.24, 2.45) is 10.9 Å². The monoisotopic (exact) mass is 378 g/mol. The maximum atomic E-state index is 5.34. The van der Waals surface area contributed by atoms with Crippen LogP contribution in [0.2, 0.25) is 0 Å². The van der Waals surface area contributed by atoms with Crippen molar-refractivity contribution in [2.45, 2.75) is 26.3 Å². The highest BCUT2D eigenvalue weighted by molar-refractivity contribution is 5.80. The molecule has 1 aliphatic heterocycles. The van der Waals surface area contributed by atoms with Crippen molar-refractivity contribution in [1.82, 2.24) is 25.4 Å². The predicted molar refractivity (Wildman–Crippen MR) is 109 cm³/mol. The lowest BCUT2D eigenvalue weighted by molar-refractivity contribution is 0.459. The van der Waals surface area contributed by atoms with Crippen LogP contribution in [0.3, 0.4) is 0 Å². The van der Waals surface area contributed by atoms with Crippen molar-refractivity contribution in [2.75, 3.05) is 19.6 Å². The number of benzene rings is 1. The van der Waals surface area contributed by atoms with Crippen LogP contribution < -0.4 is 5.32 Å². The van der Waals surface area contributed by atoms with Gasteiger partial charge in [0.25, 0.3) is 0 Å². The van der Waals surface area contributed by atoms with E-state index in [1.54, 1.807) is 6.26 Å². The fourth-order valence-electron chi connectivity index (χ4n) is 3.60. The second-order valence-corrected chi connectivity index (χ2v) is 7.04. The van der Waals surface area contributed by atoms with Gasteiger partial charge in [-0.2, -0.15) is 0 Å². The summed E-state index contributed by atoms with van der Waals surface area (Å²) in [6.07, 6.45) is 3.92. The molecular formula is C21H26N6O. The molecule has 0 radical (unpaired) electrons. The summed E-state index contributed by atoms with van der Waals surface area (Å²) in [5.41, 5.74) is 1.41. The summed E-state index contributed by atoms with van der Waals surface area (Å²) in [4.78, 5) is 11.6. The van der Waals surface area contributed by atoms with Crippen molar-refractivity contribution in [3.8, 4) is 11.6 Å². The van der Waals surface area contributed by atoms with E-state index >= 15 is 0 Å². The molecule has 0 amide bonds. The van der Waals surface area contributed by atoms with Gasteiger partial charge in [0.15, 0.2) is 11.7 Å². The van der Waals surface area contributed by atoms with Gasteiger partial charge in [0, 0.05) is 19.6 Å². The van der Waals surface area contributed by atoms with E-state index in [-0.39, 0.29) is 0 Å². The van der Waals surface area contributed by atoms with E-state index in [4.69, 9.17) is 9.41 Å². The lowest BCUT2D eigenvalue weighted by Crippen LogP contribution is -2.40. The van der Waals surface area contributed by atoms with Gasteiger partial charge in [-0.25, -0.2) is 9.98 Å². The molecule has 1 unspecified atom stereocenters. The molecule has 4 rings (SSSR count). The first-order valence-corrected chi connectivity index (χ1v) is 9.84. The van der Waals surface area contributed by atoms with Gasteiger partial charge in [-0.15, -0.1) is 5.10 Å². The Balaban J connectivity index is 1.38. The van der Waals surface area contributed by atoms with E-state index < -0.39 is 0 Å². The third-order valence-electron chi connectivity index (χ3n) is 4.94. The van der Waals surface area contributed by atoms with Gasteiger partial charge in [-0.1, -0.05) is 30.3 Å². The molecule has 7 heteroatoms. The SMILES string of the molecule is CCNC(=NCc1nc(-c2ccco2)n[nH]1)N1CCC(Cc2ccccc2)C1. The minimum Gasteiger partial charge on any atom is -0.461 e. The highest BCUT2D eigenvalue weighted by atomic mass is 16.3. The first kappa shape index (κ1) is 18.3. The number of furan rings is 1. The number of nitrogens with zero attached hydrogens (tertiary/aromatic N) is 4. The first-order valence-electron chi connectivity index (χ1n) is 9.84. The molecule has 0 bridgehead atoms. The molecule has 7 nitrogen and oxygen atoms in total. The third kappa shape index (κ3) is 4.42. The maximum absolute atomic E-state index is 5.34. The average Bonchev–Trinajstić information content (AvgIpc) is 3.47. The van der Waals surface area contributed by atoms with Crippen LogP contribution in [0.5, 0.6) is 0 Å². The summed E-state index contributed by atoms with van der Waals surface area (Å²) >= 11 is 0. The second kappa shape index (κ2) is 8.73. The Morgan fingerprint density at radius 1 is 1.29 bits per heavy atom. The number of rotatable bonds is 6. The Morgan fingerprint density at radius 3 is 2.96 bits per heavy atom. The van der Waals surface area contributed by atoms with Crippen molar-refractivity contribution < 1.29 is 4.42 Å². The molecular weight excluding hydrogens is 352 g/mol. The smallest absolute Gasteiger partial charge is 0.216 e. The fourth-order valence-corrected chi connectivity index (χ4v) is 3.60. The minimum absolute atomic E-state index is 0.454. The molecule has 3 heterocycles. The number of hydrogen-bond donors (Lipinski definition) is 2. The summed E-state index contributed by atoms with van der Waals surface area (Å²) in [6.45, 7) is 5.44. The van der Waals surface area contributed by atoms with Crippen molar-refractivity contribution in [3.63, 3.8) is 0 Å². The molecule has 1 atom stereocenters. The van der Waals surface area contributed by atoms with E-state index in [0.717, 1.165) is 37.8 Å². The number of aromatic amines is 1. The van der Waals surface area contributed by atoms with Crippen molar-refractivity contribution >= 4 is 5.96 Å². The second-order valence-electron chi connectivity index (χ2n) is 7.04. The van der Waals surface area contributed by atoms with E-state index in [1.807, 2.05) is 12.1 Å². The predicted octanol–water partition coefficient (Wildman–Crippen LogP) is 3.09. The van der Waals surface area contributed by atoms with Crippen LogP contribution in [0.1, 0.15) is 24.7 Å². The number of hydrogen-bond acceptors (Lipinski definition) is 4. The molecule has 1 saturated heterocycles. The van der Waals surface area contributed by atoms with Crippen LogP contribution in [0.15, 0.2) is 58.1 Å². The van der Waals surface area contributed by atoms with E-state index in [0.29, 0.717) is 24.0 Å². The maximum Gasteiger partial charge on any atom is 0.216 e. The Labute approximate surface area is 164 Å².